The van der Waals surface area contributed by atoms with E-state index >= 15 is 0 Å². The van der Waals surface area contributed by atoms with Gasteiger partial charge in [-0.2, -0.15) is 0 Å². The fourth-order valence-electron chi connectivity index (χ4n) is 3.76. The van der Waals surface area contributed by atoms with Gasteiger partial charge in [0.05, 0.1) is 13.2 Å². The van der Waals surface area contributed by atoms with Gasteiger partial charge in [0.25, 0.3) is 0 Å². The van der Waals surface area contributed by atoms with Gasteiger partial charge >= 0.3 is 6.03 Å². The van der Waals surface area contributed by atoms with Crippen molar-refractivity contribution in [3.63, 3.8) is 0 Å². The normalized spacial score (nSPS) is 28.8. The third kappa shape index (κ3) is 3.63. The first kappa shape index (κ1) is 15.8. The zero-order valence-electron chi connectivity index (χ0n) is 13.6. The number of nitrogens with zero attached hydrogens (tertiary/aromatic N) is 1. The van der Waals surface area contributed by atoms with E-state index in [-0.39, 0.29) is 6.03 Å². The lowest BCUT2D eigenvalue weighted by Gasteiger charge is -2.39. The molecule has 5 nitrogen and oxygen atoms in total. The Kier molecular flexibility index (Phi) is 5.03. The third-order valence-corrected chi connectivity index (χ3v) is 5.30. The average molecular weight is 308 g/mol. The maximum atomic E-state index is 12.3. The van der Waals surface area contributed by atoms with Gasteiger partial charge in [-0.25, -0.2) is 4.79 Å². The Morgan fingerprint density at radius 1 is 1.23 bits per heavy atom. The Hall–Kier alpha value is -1.07. The van der Waals surface area contributed by atoms with Crippen molar-refractivity contribution >= 4 is 6.03 Å². The topological polar surface area (TPSA) is 50.8 Å². The van der Waals surface area contributed by atoms with Crippen LogP contribution >= 0.6 is 0 Å². The van der Waals surface area contributed by atoms with Gasteiger partial charge in [0.2, 0.25) is 0 Å². The van der Waals surface area contributed by atoms with Crippen LogP contribution in [0.15, 0.2) is 12.2 Å². The van der Waals surface area contributed by atoms with Gasteiger partial charge in [0.1, 0.15) is 0 Å². The minimum Gasteiger partial charge on any atom is -0.348 e. The summed E-state index contributed by atoms with van der Waals surface area (Å²) >= 11 is 0. The van der Waals surface area contributed by atoms with Crippen LogP contribution in [0.25, 0.3) is 0 Å². The number of piperidine rings is 1. The van der Waals surface area contributed by atoms with E-state index in [9.17, 15) is 4.79 Å². The van der Waals surface area contributed by atoms with Crippen molar-refractivity contribution in [2.75, 3.05) is 32.8 Å². The summed E-state index contributed by atoms with van der Waals surface area (Å²) in [6, 6.07) is 0.0893. The molecule has 2 heterocycles. The molecule has 1 atom stereocenters. The minimum atomic E-state index is -0.434. The van der Waals surface area contributed by atoms with E-state index in [2.05, 4.69) is 17.5 Å². The lowest BCUT2D eigenvalue weighted by molar-refractivity contribution is -0.189. The van der Waals surface area contributed by atoms with Crippen LogP contribution in [-0.2, 0) is 9.47 Å². The summed E-state index contributed by atoms with van der Waals surface area (Å²) in [4.78, 5) is 14.2. The lowest BCUT2D eigenvalue weighted by atomic mass is 9.89. The molecule has 5 heteroatoms. The van der Waals surface area contributed by atoms with Crippen LogP contribution in [0.1, 0.15) is 39.0 Å². The van der Waals surface area contributed by atoms with Crippen LogP contribution in [0.2, 0.25) is 0 Å². The molecule has 0 aromatic carbocycles. The molecule has 0 radical (unpaired) electrons. The molecule has 0 bridgehead atoms. The second kappa shape index (κ2) is 7.01. The van der Waals surface area contributed by atoms with Gasteiger partial charge < -0.3 is 19.7 Å². The predicted octanol–water partition coefficient (Wildman–Crippen LogP) is 2.53. The Labute approximate surface area is 133 Å². The number of urea groups is 1. The van der Waals surface area contributed by atoms with Crippen molar-refractivity contribution in [2.45, 2.75) is 44.8 Å². The number of nitrogens with one attached hydrogen (secondary N) is 1. The molecule has 1 unspecified atom stereocenters. The van der Waals surface area contributed by atoms with Crippen molar-refractivity contribution in [1.82, 2.24) is 10.2 Å². The highest BCUT2D eigenvalue weighted by Gasteiger charge is 2.41. The third-order valence-electron chi connectivity index (χ3n) is 5.30. The summed E-state index contributed by atoms with van der Waals surface area (Å²) in [5, 5.41) is 3.11. The van der Waals surface area contributed by atoms with Gasteiger partial charge in [0.15, 0.2) is 5.79 Å². The number of allylic oxidation sites excluding steroid dienone is 2. The molecule has 2 fully saturated rings. The molecule has 0 spiro atoms. The Morgan fingerprint density at radius 3 is 2.59 bits per heavy atom. The van der Waals surface area contributed by atoms with E-state index < -0.39 is 5.79 Å². The molecule has 0 saturated carbocycles. The Morgan fingerprint density at radius 2 is 1.95 bits per heavy atom. The molecule has 0 aromatic heterocycles. The van der Waals surface area contributed by atoms with Gasteiger partial charge in [-0.05, 0) is 44.9 Å². The predicted molar refractivity (Wildman–Crippen MR) is 84.5 cm³/mol. The number of hydrogen-bond acceptors (Lipinski definition) is 3. The number of ether oxygens (including phenoxy) is 2. The van der Waals surface area contributed by atoms with Gasteiger partial charge in [-0.3, -0.25) is 0 Å². The summed E-state index contributed by atoms with van der Waals surface area (Å²) in [6.45, 7) is 5.80. The van der Waals surface area contributed by atoms with E-state index in [0.29, 0.717) is 25.0 Å². The fourth-order valence-corrected chi connectivity index (χ4v) is 3.76. The van der Waals surface area contributed by atoms with E-state index in [1.165, 1.54) is 6.42 Å². The average Bonchev–Trinajstić information content (AvgIpc) is 3.02. The maximum absolute atomic E-state index is 12.3. The van der Waals surface area contributed by atoms with Crippen molar-refractivity contribution in [1.29, 1.82) is 0 Å². The van der Waals surface area contributed by atoms with E-state index in [0.717, 1.165) is 45.3 Å². The monoisotopic (exact) mass is 308 g/mol. The van der Waals surface area contributed by atoms with Crippen LogP contribution < -0.4 is 5.32 Å². The molecular weight excluding hydrogens is 280 g/mol. The highest BCUT2D eigenvalue weighted by atomic mass is 16.7. The summed E-state index contributed by atoms with van der Waals surface area (Å²) in [5.74, 6) is 0.560. The molecule has 2 saturated heterocycles. The van der Waals surface area contributed by atoms with E-state index in [1.807, 2.05) is 11.8 Å². The highest BCUT2D eigenvalue weighted by molar-refractivity contribution is 5.74. The molecule has 2 aliphatic heterocycles. The summed E-state index contributed by atoms with van der Waals surface area (Å²) in [5.41, 5.74) is 0. The van der Waals surface area contributed by atoms with Crippen LogP contribution in [0.3, 0.4) is 0 Å². The Balaban J connectivity index is 1.40. The second-order valence-electron chi connectivity index (χ2n) is 6.81. The van der Waals surface area contributed by atoms with Gasteiger partial charge in [-0.1, -0.05) is 12.2 Å². The molecule has 1 N–H and O–H groups in total. The van der Waals surface area contributed by atoms with Gasteiger partial charge in [-0.15, -0.1) is 0 Å². The van der Waals surface area contributed by atoms with Gasteiger partial charge in [0, 0.05) is 25.6 Å². The first-order chi connectivity index (χ1) is 10.7. The SMILES string of the molecule is CC1(C2CCN(C(=O)NCC3CC=CCC3)CC2)OCCO1. The Bertz CT molecular complexity index is 410. The molecule has 2 amide bonds. The standard InChI is InChI=1S/C17H28N2O3/c1-17(21-11-12-22-17)15-7-9-19(10-8-15)16(20)18-13-14-5-3-2-4-6-14/h2-3,14-15H,4-13H2,1H3,(H,18,20). The number of rotatable bonds is 3. The van der Waals surface area contributed by atoms with Crippen LogP contribution in [-0.4, -0.2) is 49.6 Å². The summed E-state index contributed by atoms with van der Waals surface area (Å²) in [7, 11) is 0. The molecule has 124 valence electrons. The highest BCUT2D eigenvalue weighted by Crippen LogP contribution is 2.34. The zero-order valence-corrected chi connectivity index (χ0v) is 13.6. The van der Waals surface area contributed by atoms with Crippen molar-refractivity contribution < 1.29 is 14.3 Å². The quantitative estimate of drug-likeness (QED) is 0.815. The molecule has 22 heavy (non-hydrogen) atoms. The van der Waals surface area contributed by atoms with Crippen LogP contribution in [0.5, 0.6) is 0 Å². The largest absolute Gasteiger partial charge is 0.348 e. The van der Waals surface area contributed by atoms with Crippen LogP contribution in [0, 0.1) is 11.8 Å². The van der Waals surface area contributed by atoms with Crippen LogP contribution in [0.4, 0.5) is 4.79 Å². The first-order valence-corrected chi connectivity index (χ1v) is 8.63. The molecule has 3 rings (SSSR count). The maximum Gasteiger partial charge on any atom is 0.317 e. The number of hydrogen-bond donors (Lipinski definition) is 1. The second-order valence-corrected chi connectivity index (χ2v) is 6.81. The molecular formula is C17H28N2O3. The van der Waals surface area contributed by atoms with Crippen molar-refractivity contribution in [2.24, 2.45) is 11.8 Å². The lowest BCUT2D eigenvalue weighted by Crippen LogP contribution is -2.49. The first-order valence-electron chi connectivity index (χ1n) is 8.63. The zero-order chi connectivity index (χ0) is 15.4. The summed E-state index contributed by atoms with van der Waals surface area (Å²) in [6.07, 6.45) is 9.79. The van der Waals surface area contributed by atoms with Crippen molar-refractivity contribution in [3.05, 3.63) is 12.2 Å². The number of amides is 2. The fraction of sp³-hybridized carbons (Fsp3) is 0.824. The molecule has 0 aromatic rings. The number of carbonyl (C=O) groups excluding carboxylic acids is 1. The smallest absolute Gasteiger partial charge is 0.317 e. The minimum absolute atomic E-state index is 0.0893. The number of likely N-dealkylation sites (tertiary alicyclic amines) is 1. The molecule has 1 aliphatic carbocycles. The number of carbonyl (C=O) groups is 1. The van der Waals surface area contributed by atoms with Crippen molar-refractivity contribution in [3.8, 4) is 0 Å². The molecule has 3 aliphatic rings. The van der Waals surface area contributed by atoms with E-state index in [1.54, 1.807) is 0 Å². The van der Waals surface area contributed by atoms with E-state index in [4.69, 9.17) is 9.47 Å². The summed E-state index contributed by atoms with van der Waals surface area (Å²) < 4.78 is 11.5.